The van der Waals surface area contributed by atoms with Crippen LogP contribution in [0.15, 0.2) is 0 Å². The Morgan fingerprint density at radius 2 is 0.500 bits per heavy atom. The molecule has 0 aliphatic carbocycles. The second kappa shape index (κ2) is 9.32. The Balaban J connectivity index is 3.12. The molecule has 0 bridgehead atoms. The van der Waals surface area contributed by atoms with E-state index in [9.17, 15) is 0 Å². The normalized spacial score (nSPS) is 30.4. The molecule has 0 radical (unpaired) electrons. The lowest BCUT2D eigenvalue weighted by molar-refractivity contribution is -0.189. The minimum atomic E-state index is -0.0101. The molecule has 1 fully saturated rings. The van der Waals surface area contributed by atoms with Gasteiger partial charge in [0.2, 0.25) is 0 Å². The average Bonchev–Trinajstić information content (AvgIpc) is 2.42. The minimum absolute atomic E-state index is 0.00337. The highest BCUT2D eigenvalue weighted by Gasteiger charge is 2.36. The molecular weight excluding hydrogens is 352 g/mol. The van der Waals surface area contributed by atoms with Crippen LogP contribution in [-0.4, -0.2) is 50.8 Å². The SMILES string of the molecule is CC(C)(C)C1COC(C(C)(C)C)COC(C(C)(C)C)COC(C(C)(C)C)CO1. The molecule has 1 rings (SSSR count). The van der Waals surface area contributed by atoms with E-state index in [1.807, 2.05) is 0 Å². The first-order valence-electron chi connectivity index (χ1n) is 10.9. The molecule has 1 aliphatic rings. The second-order valence-corrected chi connectivity index (χ2v) is 12.8. The van der Waals surface area contributed by atoms with Gasteiger partial charge in [-0.1, -0.05) is 83.1 Å². The van der Waals surface area contributed by atoms with E-state index in [-0.39, 0.29) is 46.1 Å². The third-order valence-corrected chi connectivity index (χ3v) is 5.66. The third-order valence-electron chi connectivity index (χ3n) is 5.66. The fourth-order valence-corrected chi connectivity index (χ4v) is 3.01. The van der Waals surface area contributed by atoms with Gasteiger partial charge in [0, 0.05) is 0 Å². The van der Waals surface area contributed by atoms with Crippen molar-refractivity contribution < 1.29 is 18.9 Å². The summed E-state index contributed by atoms with van der Waals surface area (Å²) < 4.78 is 25.6. The first kappa shape index (κ1) is 25.9. The maximum atomic E-state index is 6.41. The lowest BCUT2D eigenvalue weighted by Gasteiger charge is -2.41. The van der Waals surface area contributed by atoms with Gasteiger partial charge in [-0.3, -0.25) is 0 Å². The maximum Gasteiger partial charge on any atom is 0.0858 e. The maximum absolute atomic E-state index is 6.41. The summed E-state index contributed by atoms with van der Waals surface area (Å²) in [6.07, 6.45) is 0.0135. The molecule has 168 valence electrons. The predicted molar refractivity (Wildman–Crippen MR) is 117 cm³/mol. The summed E-state index contributed by atoms with van der Waals surface area (Å²) >= 11 is 0. The quantitative estimate of drug-likeness (QED) is 0.521. The lowest BCUT2D eigenvalue weighted by atomic mass is 9.86. The molecule has 1 saturated heterocycles. The molecular formula is C24H48O4. The van der Waals surface area contributed by atoms with Crippen LogP contribution in [0.2, 0.25) is 0 Å². The van der Waals surface area contributed by atoms with Gasteiger partial charge in [0.15, 0.2) is 0 Å². The minimum Gasteiger partial charge on any atom is -0.373 e. The van der Waals surface area contributed by atoms with Crippen LogP contribution in [0.1, 0.15) is 83.1 Å². The summed E-state index contributed by atoms with van der Waals surface area (Å²) in [5.41, 5.74) is -0.0405. The van der Waals surface area contributed by atoms with Crippen molar-refractivity contribution >= 4 is 0 Å². The highest BCUT2D eigenvalue weighted by Crippen LogP contribution is 2.32. The molecule has 1 heterocycles. The number of hydrogen-bond donors (Lipinski definition) is 0. The zero-order chi connectivity index (χ0) is 22.0. The van der Waals surface area contributed by atoms with Gasteiger partial charge in [-0.2, -0.15) is 0 Å². The summed E-state index contributed by atoms with van der Waals surface area (Å²) in [6.45, 7) is 28.7. The van der Waals surface area contributed by atoms with E-state index in [1.165, 1.54) is 0 Å². The molecule has 0 N–H and O–H groups in total. The van der Waals surface area contributed by atoms with Crippen LogP contribution >= 0.6 is 0 Å². The molecule has 0 amide bonds. The highest BCUT2D eigenvalue weighted by atomic mass is 16.6. The van der Waals surface area contributed by atoms with Crippen molar-refractivity contribution in [3.8, 4) is 0 Å². The standard InChI is InChI=1S/C24H48O4/c1-21(2,3)17-13-26-19(23(7,8)9)15-28-20(24(10,11)12)16-27-18(14-25-17)22(4,5)6/h17-20H,13-16H2,1-12H3. The van der Waals surface area contributed by atoms with Gasteiger partial charge in [0.05, 0.1) is 50.8 Å². The van der Waals surface area contributed by atoms with Gasteiger partial charge < -0.3 is 18.9 Å². The molecule has 4 nitrogen and oxygen atoms in total. The summed E-state index contributed by atoms with van der Waals surface area (Å²) in [5, 5.41) is 0. The van der Waals surface area contributed by atoms with Gasteiger partial charge in [-0.25, -0.2) is 0 Å². The van der Waals surface area contributed by atoms with Crippen LogP contribution in [-0.2, 0) is 18.9 Å². The third kappa shape index (κ3) is 8.30. The molecule has 0 aromatic carbocycles. The van der Waals surface area contributed by atoms with Crippen molar-refractivity contribution in [3.05, 3.63) is 0 Å². The number of hydrogen-bond acceptors (Lipinski definition) is 4. The monoisotopic (exact) mass is 400 g/mol. The smallest absolute Gasteiger partial charge is 0.0858 e. The predicted octanol–water partition coefficient (Wildman–Crippen LogP) is 5.73. The molecule has 0 aromatic rings. The Morgan fingerprint density at radius 3 is 0.607 bits per heavy atom. The van der Waals surface area contributed by atoms with E-state index < -0.39 is 0 Å². The Morgan fingerprint density at radius 1 is 0.357 bits per heavy atom. The van der Waals surface area contributed by atoms with Crippen molar-refractivity contribution in [1.29, 1.82) is 0 Å². The average molecular weight is 401 g/mol. The largest absolute Gasteiger partial charge is 0.373 e. The second-order valence-electron chi connectivity index (χ2n) is 12.8. The Labute approximate surface area is 175 Å². The van der Waals surface area contributed by atoms with Crippen LogP contribution in [0.5, 0.6) is 0 Å². The summed E-state index contributed by atoms with van der Waals surface area (Å²) in [5.74, 6) is 0. The van der Waals surface area contributed by atoms with Crippen molar-refractivity contribution in [1.82, 2.24) is 0 Å². The molecule has 4 heteroatoms. The molecule has 0 aromatic heterocycles. The van der Waals surface area contributed by atoms with Crippen LogP contribution < -0.4 is 0 Å². The summed E-state index contributed by atoms with van der Waals surface area (Å²) in [6, 6.07) is 0. The van der Waals surface area contributed by atoms with Crippen molar-refractivity contribution in [3.63, 3.8) is 0 Å². The fraction of sp³-hybridized carbons (Fsp3) is 1.00. The lowest BCUT2D eigenvalue weighted by Crippen LogP contribution is -2.47. The molecule has 0 saturated carbocycles. The Bertz CT molecular complexity index is 355. The van der Waals surface area contributed by atoms with Gasteiger partial charge in [0.1, 0.15) is 0 Å². The molecule has 4 atom stereocenters. The molecule has 28 heavy (non-hydrogen) atoms. The van der Waals surface area contributed by atoms with E-state index in [2.05, 4.69) is 83.1 Å². The number of rotatable bonds is 0. The molecule has 0 spiro atoms. The molecule has 4 unspecified atom stereocenters. The van der Waals surface area contributed by atoms with E-state index in [0.29, 0.717) is 26.4 Å². The van der Waals surface area contributed by atoms with Gasteiger partial charge in [-0.15, -0.1) is 0 Å². The highest BCUT2D eigenvalue weighted by molar-refractivity contribution is 4.84. The van der Waals surface area contributed by atoms with Crippen molar-refractivity contribution in [2.75, 3.05) is 26.4 Å². The first-order valence-corrected chi connectivity index (χ1v) is 10.9. The molecule has 1 aliphatic heterocycles. The van der Waals surface area contributed by atoms with E-state index >= 15 is 0 Å². The van der Waals surface area contributed by atoms with Crippen LogP contribution in [0.25, 0.3) is 0 Å². The van der Waals surface area contributed by atoms with Gasteiger partial charge in [-0.05, 0) is 21.7 Å². The van der Waals surface area contributed by atoms with E-state index in [4.69, 9.17) is 18.9 Å². The van der Waals surface area contributed by atoms with E-state index in [1.54, 1.807) is 0 Å². The van der Waals surface area contributed by atoms with Crippen LogP contribution in [0.3, 0.4) is 0 Å². The van der Waals surface area contributed by atoms with Crippen molar-refractivity contribution in [2.45, 2.75) is 108 Å². The zero-order valence-electron chi connectivity index (χ0n) is 20.8. The van der Waals surface area contributed by atoms with Crippen LogP contribution in [0, 0.1) is 21.7 Å². The fourth-order valence-electron chi connectivity index (χ4n) is 3.01. The van der Waals surface area contributed by atoms with Crippen molar-refractivity contribution in [2.24, 2.45) is 21.7 Å². The number of ether oxygens (including phenoxy) is 4. The topological polar surface area (TPSA) is 36.9 Å². The summed E-state index contributed by atoms with van der Waals surface area (Å²) in [7, 11) is 0. The van der Waals surface area contributed by atoms with E-state index in [0.717, 1.165) is 0 Å². The van der Waals surface area contributed by atoms with Crippen LogP contribution in [0.4, 0.5) is 0 Å². The van der Waals surface area contributed by atoms with Gasteiger partial charge >= 0.3 is 0 Å². The first-order chi connectivity index (χ1) is 12.4. The summed E-state index contributed by atoms with van der Waals surface area (Å²) in [4.78, 5) is 0. The Hall–Kier alpha value is -0.160. The van der Waals surface area contributed by atoms with Gasteiger partial charge in [0.25, 0.3) is 0 Å². The Kier molecular flexibility index (Phi) is 8.62. The zero-order valence-corrected chi connectivity index (χ0v) is 20.8.